The van der Waals surface area contributed by atoms with Gasteiger partial charge >= 0.3 is 0 Å². The van der Waals surface area contributed by atoms with E-state index in [2.05, 4.69) is 46.0 Å². The SMILES string of the molecule is Cc1cc(N2CCN(CCCCc3nc4ccccc4c(=O)n3N)CC2)nc2ccccc12. The van der Waals surface area contributed by atoms with Crippen molar-refractivity contribution in [3.8, 4) is 0 Å². The van der Waals surface area contributed by atoms with Crippen molar-refractivity contribution in [2.75, 3.05) is 43.5 Å². The molecule has 0 atom stereocenters. The number of nitrogen functional groups attached to an aromatic ring is 1. The predicted molar refractivity (Wildman–Crippen MR) is 134 cm³/mol. The van der Waals surface area contributed by atoms with E-state index in [1.165, 1.54) is 15.6 Å². The normalized spacial score (nSPS) is 14.9. The van der Waals surface area contributed by atoms with Gasteiger partial charge < -0.3 is 10.7 Å². The number of hydrogen-bond acceptors (Lipinski definition) is 6. The molecule has 1 saturated heterocycles. The van der Waals surface area contributed by atoms with Gasteiger partial charge in [0.05, 0.1) is 16.4 Å². The summed E-state index contributed by atoms with van der Waals surface area (Å²) in [5, 5.41) is 1.79. The van der Waals surface area contributed by atoms with Gasteiger partial charge in [-0.2, -0.15) is 0 Å². The maximum absolute atomic E-state index is 12.5. The molecule has 2 aromatic carbocycles. The van der Waals surface area contributed by atoms with Crippen molar-refractivity contribution in [2.45, 2.75) is 26.2 Å². The standard InChI is InChI=1S/C26H30N6O/c1-19-18-25(29-22-10-4-2-8-20(19)22)31-16-14-30(15-17-31)13-7-6-12-24-28-23-11-5-3-9-21(23)26(33)32(24)27/h2-5,8-11,18H,6-7,12-17,27H2,1H3. The van der Waals surface area contributed by atoms with Crippen molar-refractivity contribution < 1.29 is 0 Å². The smallest absolute Gasteiger partial charge is 0.279 e. The van der Waals surface area contributed by atoms with Crippen LogP contribution in [0.5, 0.6) is 0 Å². The largest absolute Gasteiger partial charge is 0.354 e. The van der Waals surface area contributed by atoms with Gasteiger partial charge in [-0.05, 0) is 56.1 Å². The molecule has 0 saturated carbocycles. The Morgan fingerprint density at radius 3 is 2.30 bits per heavy atom. The summed E-state index contributed by atoms with van der Waals surface area (Å²) in [7, 11) is 0. The van der Waals surface area contributed by atoms with Gasteiger partial charge in [0.15, 0.2) is 0 Å². The maximum atomic E-state index is 12.5. The summed E-state index contributed by atoms with van der Waals surface area (Å²) in [5.41, 5.74) is 2.88. The molecule has 1 aliphatic rings. The summed E-state index contributed by atoms with van der Waals surface area (Å²) in [6.07, 6.45) is 2.71. The number of unbranched alkanes of at least 4 members (excludes halogenated alkanes) is 1. The Balaban J connectivity index is 1.13. The third kappa shape index (κ3) is 4.41. The Morgan fingerprint density at radius 1 is 0.879 bits per heavy atom. The molecule has 0 aliphatic carbocycles. The molecule has 0 radical (unpaired) electrons. The number of aromatic nitrogens is 3. The van der Waals surface area contributed by atoms with Crippen LogP contribution in [0.1, 0.15) is 24.2 Å². The lowest BCUT2D eigenvalue weighted by Gasteiger charge is -2.35. The lowest BCUT2D eigenvalue weighted by molar-refractivity contribution is 0.252. The fraction of sp³-hybridized carbons (Fsp3) is 0.346. The number of piperazine rings is 1. The first-order valence-electron chi connectivity index (χ1n) is 11.7. The summed E-state index contributed by atoms with van der Waals surface area (Å²) >= 11 is 0. The minimum atomic E-state index is -0.177. The summed E-state index contributed by atoms with van der Waals surface area (Å²) in [4.78, 5) is 26.8. The molecule has 33 heavy (non-hydrogen) atoms. The quantitative estimate of drug-likeness (QED) is 0.365. The van der Waals surface area contributed by atoms with Gasteiger partial charge in [-0.1, -0.05) is 30.3 Å². The Kier molecular flexibility index (Phi) is 5.96. The van der Waals surface area contributed by atoms with E-state index >= 15 is 0 Å². The van der Waals surface area contributed by atoms with Crippen LogP contribution in [0.3, 0.4) is 0 Å². The topological polar surface area (TPSA) is 80.3 Å². The molecule has 0 amide bonds. The third-order valence-corrected chi connectivity index (χ3v) is 6.61. The van der Waals surface area contributed by atoms with E-state index in [1.807, 2.05) is 24.3 Å². The molecule has 170 valence electrons. The average molecular weight is 443 g/mol. The number of nitrogens with two attached hydrogens (primary N) is 1. The van der Waals surface area contributed by atoms with Crippen LogP contribution in [-0.2, 0) is 6.42 Å². The Labute approximate surface area is 193 Å². The number of hydrogen-bond donors (Lipinski definition) is 1. The van der Waals surface area contributed by atoms with Crippen LogP contribution in [-0.4, -0.2) is 52.3 Å². The highest BCUT2D eigenvalue weighted by atomic mass is 16.1. The van der Waals surface area contributed by atoms with Crippen LogP contribution >= 0.6 is 0 Å². The first kappa shape index (κ1) is 21.4. The van der Waals surface area contributed by atoms with E-state index in [-0.39, 0.29) is 5.56 Å². The number of pyridine rings is 1. The molecule has 3 heterocycles. The molecule has 7 nitrogen and oxygen atoms in total. The van der Waals surface area contributed by atoms with Gasteiger partial charge in [0.2, 0.25) is 0 Å². The zero-order valence-corrected chi connectivity index (χ0v) is 19.1. The van der Waals surface area contributed by atoms with E-state index in [1.54, 1.807) is 6.07 Å². The Bertz CT molecular complexity index is 1340. The van der Waals surface area contributed by atoms with Crippen LogP contribution in [0.4, 0.5) is 5.82 Å². The molecule has 0 unspecified atom stereocenters. The molecule has 7 heteroatoms. The molecular formula is C26H30N6O. The second-order valence-electron chi connectivity index (χ2n) is 8.82. The molecule has 0 bridgehead atoms. The lowest BCUT2D eigenvalue weighted by atomic mass is 10.1. The number of para-hydroxylation sites is 2. The van der Waals surface area contributed by atoms with Crippen LogP contribution in [0.2, 0.25) is 0 Å². The number of fused-ring (bicyclic) bond motifs is 2. The third-order valence-electron chi connectivity index (χ3n) is 6.61. The molecule has 0 spiro atoms. The molecule has 1 fully saturated rings. The van der Waals surface area contributed by atoms with Crippen molar-refractivity contribution in [1.29, 1.82) is 0 Å². The highest BCUT2D eigenvalue weighted by molar-refractivity contribution is 5.83. The number of nitrogens with zero attached hydrogens (tertiary/aromatic N) is 5. The van der Waals surface area contributed by atoms with E-state index in [4.69, 9.17) is 10.8 Å². The van der Waals surface area contributed by atoms with Crippen molar-refractivity contribution in [3.05, 3.63) is 76.3 Å². The van der Waals surface area contributed by atoms with Crippen LogP contribution in [0.25, 0.3) is 21.8 Å². The number of rotatable bonds is 6. The van der Waals surface area contributed by atoms with Crippen LogP contribution in [0.15, 0.2) is 59.4 Å². The second-order valence-corrected chi connectivity index (χ2v) is 8.82. The molecule has 4 aromatic rings. The van der Waals surface area contributed by atoms with E-state index in [0.717, 1.165) is 56.9 Å². The predicted octanol–water partition coefficient (Wildman–Crippen LogP) is 3.11. The first-order chi connectivity index (χ1) is 16.1. The Morgan fingerprint density at radius 2 is 1.55 bits per heavy atom. The van der Waals surface area contributed by atoms with Gasteiger partial charge in [0, 0.05) is 38.0 Å². The summed E-state index contributed by atoms with van der Waals surface area (Å²) in [5.74, 6) is 7.74. The summed E-state index contributed by atoms with van der Waals surface area (Å²) in [6, 6.07) is 17.9. The van der Waals surface area contributed by atoms with Crippen molar-refractivity contribution >= 4 is 27.6 Å². The van der Waals surface area contributed by atoms with E-state index in [0.29, 0.717) is 23.1 Å². The lowest BCUT2D eigenvalue weighted by Crippen LogP contribution is -2.47. The molecular weight excluding hydrogens is 412 g/mol. The highest BCUT2D eigenvalue weighted by Crippen LogP contribution is 2.23. The summed E-state index contributed by atoms with van der Waals surface area (Å²) in [6.45, 7) is 7.24. The molecule has 2 aromatic heterocycles. The number of anilines is 1. The molecule has 1 aliphatic heterocycles. The number of aryl methyl sites for hydroxylation is 2. The van der Waals surface area contributed by atoms with Crippen molar-refractivity contribution in [1.82, 2.24) is 19.5 Å². The van der Waals surface area contributed by atoms with Crippen molar-refractivity contribution in [2.24, 2.45) is 0 Å². The monoisotopic (exact) mass is 442 g/mol. The van der Waals surface area contributed by atoms with Gasteiger partial charge in [0.25, 0.3) is 5.56 Å². The highest BCUT2D eigenvalue weighted by Gasteiger charge is 2.18. The van der Waals surface area contributed by atoms with Crippen molar-refractivity contribution in [3.63, 3.8) is 0 Å². The maximum Gasteiger partial charge on any atom is 0.279 e. The van der Waals surface area contributed by atoms with Crippen LogP contribution < -0.4 is 16.3 Å². The number of benzene rings is 2. The molecule has 5 rings (SSSR count). The van der Waals surface area contributed by atoms with Gasteiger partial charge in [0.1, 0.15) is 11.6 Å². The zero-order valence-electron chi connectivity index (χ0n) is 19.1. The minimum Gasteiger partial charge on any atom is -0.354 e. The van der Waals surface area contributed by atoms with Gasteiger partial charge in [-0.25, -0.2) is 14.6 Å². The zero-order chi connectivity index (χ0) is 22.8. The fourth-order valence-electron chi connectivity index (χ4n) is 4.68. The van der Waals surface area contributed by atoms with Gasteiger partial charge in [-0.15, -0.1) is 0 Å². The van der Waals surface area contributed by atoms with E-state index in [9.17, 15) is 4.79 Å². The average Bonchev–Trinajstić information content (AvgIpc) is 2.85. The Hall–Kier alpha value is -3.45. The van der Waals surface area contributed by atoms with E-state index < -0.39 is 0 Å². The van der Waals surface area contributed by atoms with Gasteiger partial charge in [-0.3, -0.25) is 9.69 Å². The summed E-state index contributed by atoms with van der Waals surface area (Å²) < 4.78 is 1.21. The first-order valence-corrected chi connectivity index (χ1v) is 11.7. The fourth-order valence-corrected chi connectivity index (χ4v) is 4.68. The minimum absolute atomic E-state index is 0.177. The van der Waals surface area contributed by atoms with Crippen LogP contribution in [0, 0.1) is 6.92 Å². The second kappa shape index (κ2) is 9.19. The molecule has 2 N–H and O–H groups in total.